The molecule has 0 saturated carbocycles. The molecule has 1 nitrogen and oxygen atoms in total. The first-order chi connectivity index (χ1) is 4.06. The third-order valence-corrected chi connectivity index (χ3v) is 1.57. The summed E-state index contributed by atoms with van der Waals surface area (Å²) in [7, 11) is 1.65. The molecule has 0 saturated heterocycles. The van der Waals surface area contributed by atoms with Gasteiger partial charge in [-0.3, -0.25) is 0 Å². The molecule has 0 spiro atoms. The van der Waals surface area contributed by atoms with E-state index in [2.05, 4.69) is 20.8 Å². The minimum atomic E-state index is 0.301. The lowest BCUT2D eigenvalue weighted by molar-refractivity contribution is 0.339. The molecular weight excluding hydrogens is 132 g/mol. The predicted molar refractivity (Wildman–Crippen MR) is 43.5 cm³/mol. The highest BCUT2D eigenvalue weighted by molar-refractivity contribution is 8.03. The summed E-state index contributed by atoms with van der Waals surface area (Å²) in [6, 6.07) is 0. The van der Waals surface area contributed by atoms with E-state index in [4.69, 9.17) is 4.74 Å². The van der Waals surface area contributed by atoms with E-state index in [-0.39, 0.29) is 0 Å². The number of hydrogen-bond donors (Lipinski definition) is 0. The Hall–Kier alpha value is -0.110. The van der Waals surface area contributed by atoms with Crippen LogP contribution in [-0.2, 0) is 4.74 Å². The lowest BCUT2D eigenvalue weighted by atomic mass is 10.3. The van der Waals surface area contributed by atoms with E-state index in [1.807, 2.05) is 5.41 Å². The lowest BCUT2D eigenvalue weighted by Crippen LogP contribution is -2.04. The zero-order valence-corrected chi connectivity index (χ0v) is 7.29. The van der Waals surface area contributed by atoms with E-state index >= 15 is 0 Å². The average molecular weight is 146 g/mol. The molecule has 0 aromatic heterocycles. The molecule has 0 fully saturated rings. The van der Waals surface area contributed by atoms with Crippen LogP contribution in [0.4, 0.5) is 0 Å². The Morgan fingerprint density at radius 2 is 1.89 bits per heavy atom. The topological polar surface area (TPSA) is 9.23 Å². The van der Waals surface area contributed by atoms with Crippen molar-refractivity contribution in [2.24, 2.45) is 0 Å². The van der Waals surface area contributed by atoms with Gasteiger partial charge in [0.1, 0.15) is 0 Å². The van der Waals surface area contributed by atoms with Crippen LogP contribution in [-0.4, -0.2) is 11.9 Å². The second kappa shape index (κ2) is 3.83. The summed E-state index contributed by atoms with van der Waals surface area (Å²) < 4.78 is 5.04. The molecule has 0 aromatic rings. The summed E-state index contributed by atoms with van der Waals surface area (Å²) >= 11 is 1.75. The van der Waals surface area contributed by atoms with Gasteiger partial charge in [0.15, 0.2) is 0 Å². The highest BCUT2D eigenvalue weighted by atomic mass is 32.2. The molecule has 0 aliphatic carbocycles. The summed E-state index contributed by atoms with van der Waals surface area (Å²) in [4.78, 5) is 0. The van der Waals surface area contributed by atoms with Gasteiger partial charge in [-0.05, 0) is 0 Å². The quantitative estimate of drug-likeness (QED) is 0.554. The highest BCUT2D eigenvalue weighted by Gasteiger charge is 2.06. The Kier molecular flexibility index (Phi) is 3.78. The number of thioether (sulfide) groups is 1. The van der Waals surface area contributed by atoms with Crippen LogP contribution >= 0.6 is 11.8 Å². The Morgan fingerprint density at radius 3 is 2.22 bits per heavy atom. The standard InChI is InChI=1S/C7H14OS/c1-7(2,3)9-6-5-8-4/h5-6H,1-4H3. The van der Waals surface area contributed by atoms with Gasteiger partial charge >= 0.3 is 0 Å². The minimum absolute atomic E-state index is 0.301. The summed E-state index contributed by atoms with van der Waals surface area (Å²) in [5, 5.41) is 1.96. The van der Waals surface area contributed by atoms with Crippen LogP contribution in [0.5, 0.6) is 0 Å². The van der Waals surface area contributed by atoms with Gasteiger partial charge in [0, 0.05) is 10.2 Å². The zero-order valence-electron chi connectivity index (χ0n) is 6.47. The predicted octanol–water partition coefficient (Wildman–Crippen LogP) is 2.64. The zero-order chi connectivity index (χ0) is 7.33. The van der Waals surface area contributed by atoms with E-state index in [1.54, 1.807) is 25.1 Å². The molecule has 0 atom stereocenters. The van der Waals surface area contributed by atoms with Crippen LogP contribution in [0, 0.1) is 0 Å². The molecule has 0 aliphatic heterocycles. The number of methoxy groups -OCH3 is 1. The fraction of sp³-hybridized carbons (Fsp3) is 0.714. The maximum absolute atomic E-state index is 4.74. The smallest absolute Gasteiger partial charge is 0.0887 e. The van der Waals surface area contributed by atoms with E-state index in [1.165, 1.54) is 0 Å². The Morgan fingerprint density at radius 1 is 1.33 bits per heavy atom. The van der Waals surface area contributed by atoms with Crippen LogP contribution in [0.3, 0.4) is 0 Å². The van der Waals surface area contributed by atoms with Crippen molar-refractivity contribution in [3.63, 3.8) is 0 Å². The maximum Gasteiger partial charge on any atom is 0.0887 e. The van der Waals surface area contributed by atoms with E-state index in [0.29, 0.717) is 4.75 Å². The van der Waals surface area contributed by atoms with Gasteiger partial charge < -0.3 is 4.74 Å². The van der Waals surface area contributed by atoms with Gasteiger partial charge in [-0.15, -0.1) is 11.8 Å². The first kappa shape index (κ1) is 8.89. The van der Waals surface area contributed by atoms with Gasteiger partial charge in [-0.2, -0.15) is 0 Å². The number of ether oxygens (including phenoxy) is 1. The summed E-state index contributed by atoms with van der Waals surface area (Å²) in [6.07, 6.45) is 1.69. The molecule has 0 aliphatic rings. The monoisotopic (exact) mass is 146 g/mol. The molecule has 0 rings (SSSR count). The van der Waals surface area contributed by atoms with Crippen LogP contribution in [0.2, 0.25) is 0 Å². The Labute approximate surface area is 61.5 Å². The Balaban J connectivity index is 3.38. The van der Waals surface area contributed by atoms with Crippen molar-refractivity contribution in [3.05, 3.63) is 11.7 Å². The van der Waals surface area contributed by atoms with Gasteiger partial charge in [-0.1, -0.05) is 20.8 Å². The van der Waals surface area contributed by atoms with Crippen molar-refractivity contribution in [2.45, 2.75) is 25.5 Å². The number of hydrogen-bond acceptors (Lipinski definition) is 2. The molecule has 0 bridgehead atoms. The summed E-state index contributed by atoms with van der Waals surface area (Å²) in [5.41, 5.74) is 0. The van der Waals surface area contributed by atoms with Crippen molar-refractivity contribution < 1.29 is 4.74 Å². The summed E-state index contributed by atoms with van der Waals surface area (Å²) in [6.45, 7) is 6.49. The lowest BCUT2D eigenvalue weighted by Gasteiger charge is -2.13. The minimum Gasteiger partial charge on any atom is -0.504 e. The van der Waals surface area contributed by atoms with Crippen molar-refractivity contribution in [3.8, 4) is 0 Å². The van der Waals surface area contributed by atoms with Crippen molar-refractivity contribution >= 4 is 11.8 Å². The van der Waals surface area contributed by atoms with Gasteiger partial charge in [0.05, 0.1) is 13.4 Å². The normalized spacial score (nSPS) is 12.4. The van der Waals surface area contributed by atoms with E-state index < -0.39 is 0 Å². The molecule has 0 aromatic carbocycles. The SMILES string of the molecule is COC=CSC(C)(C)C. The average Bonchev–Trinajstić information content (AvgIpc) is 1.63. The molecule has 0 unspecified atom stereocenters. The fourth-order valence-electron chi connectivity index (χ4n) is 0.287. The van der Waals surface area contributed by atoms with E-state index in [9.17, 15) is 0 Å². The molecule has 0 amide bonds. The van der Waals surface area contributed by atoms with Gasteiger partial charge in [0.25, 0.3) is 0 Å². The molecule has 0 N–H and O–H groups in total. The van der Waals surface area contributed by atoms with E-state index in [0.717, 1.165) is 0 Å². The van der Waals surface area contributed by atoms with Crippen LogP contribution in [0.1, 0.15) is 20.8 Å². The van der Waals surface area contributed by atoms with Crippen molar-refractivity contribution in [1.82, 2.24) is 0 Å². The second-order valence-electron chi connectivity index (χ2n) is 2.74. The molecule has 0 radical (unpaired) electrons. The Bertz CT molecular complexity index is 91.6. The molecule has 2 heteroatoms. The fourth-order valence-corrected chi connectivity index (χ4v) is 0.862. The van der Waals surface area contributed by atoms with Crippen molar-refractivity contribution in [2.75, 3.05) is 7.11 Å². The van der Waals surface area contributed by atoms with Crippen LogP contribution in [0.15, 0.2) is 11.7 Å². The third-order valence-electron chi connectivity index (χ3n) is 0.613. The summed E-state index contributed by atoms with van der Waals surface area (Å²) in [5.74, 6) is 0. The van der Waals surface area contributed by atoms with Gasteiger partial charge in [0.2, 0.25) is 0 Å². The van der Waals surface area contributed by atoms with Crippen LogP contribution < -0.4 is 0 Å². The third kappa shape index (κ3) is 7.89. The maximum atomic E-state index is 4.74. The first-order valence-corrected chi connectivity index (χ1v) is 3.80. The first-order valence-electron chi connectivity index (χ1n) is 2.92. The number of rotatable bonds is 2. The van der Waals surface area contributed by atoms with Crippen molar-refractivity contribution in [1.29, 1.82) is 0 Å². The second-order valence-corrected chi connectivity index (χ2v) is 4.47. The molecule has 54 valence electrons. The molecule has 0 heterocycles. The molecular formula is C7H14OS. The molecule has 9 heavy (non-hydrogen) atoms. The van der Waals surface area contributed by atoms with Crippen LogP contribution in [0.25, 0.3) is 0 Å². The largest absolute Gasteiger partial charge is 0.504 e. The highest BCUT2D eigenvalue weighted by Crippen LogP contribution is 2.23. The van der Waals surface area contributed by atoms with Gasteiger partial charge in [-0.25, -0.2) is 0 Å².